The summed E-state index contributed by atoms with van der Waals surface area (Å²) in [5.41, 5.74) is 3.19. The highest BCUT2D eigenvalue weighted by Gasteiger charge is 2.23. The number of hydrogen-bond donors (Lipinski definition) is 2. The number of nitrogens with zero attached hydrogens (tertiary/aromatic N) is 1. The first-order valence-corrected chi connectivity index (χ1v) is 6.25. The van der Waals surface area contributed by atoms with Crippen molar-refractivity contribution < 1.29 is 4.39 Å². The summed E-state index contributed by atoms with van der Waals surface area (Å²) in [4.78, 5) is 7.49. The number of rotatable bonds is 1. The molecule has 1 aliphatic rings. The van der Waals surface area contributed by atoms with Crippen molar-refractivity contribution in [2.45, 2.75) is 12.5 Å². The number of imidazole rings is 1. The van der Waals surface area contributed by atoms with Crippen LogP contribution in [0, 0.1) is 5.82 Å². The quantitative estimate of drug-likeness (QED) is 0.849. The molecule has 5 heteroatoms. The molecule has 2 aromatic rings. The molecule has 0 bridgehead atoms. The molecular weight excluding hydrogens is 285 g/mol. The third-order valence-electron chi connectivity index (χ3n) is 3.03. The molecule has 2 heterocycles. The highest BCUT2D eigenvalue weighted by atomic mass is 79.9. The third-order valence-corrected chi connectivity index (χ3v) is 3.63. The van der Waals surface area contributed by atoms with E-state index in [0.29, 0.717) is 4.47 Å². The molecule has 0 saturated heterocycles. The van der Waals surface area contributed by atoms with E-state index in [4.69, 9.17) is 0 Å². The number of benzene rings is 1. The second kappa shape index (κ2) is 4.23. The molecule has 1 atom stereocenters. The molecular formula is C12H11BrFN3. The third kappa shape index (κ3) is 1.89. The number of hydrogen-bond acceptors (Lipinski definition) is 2. The summed E-state index contributed by atoms with van der Waals surface area (Å²) in [6.45, 7) is 0.898. The van der Waals surface area contributed by atoms with Gasteiger partial charge < -0.3 is 10.3 Å². The average Bonchev–Trinajstić information content (AvgIpc) is 2.80. The lowest BCUT2D eigenvalue weighted by Gasteiger charge is -2.23. The summed E-state index contributed by atoms with van der Waals surface area (Å²) in [5, 5.41) is 3.40. The fourth-order valence-electron chi connectivity index (χ4n) is 2.19. The van der Waals surface area contributed by atoms with E-state index in [1.54, 1.807) is 18.5 Å². The fourth-order valence-corrected chi connectivity index (χ4v) is 2.58. The Balaban J connectivity index is 2.03. The van der Waals surface area contributed by atoms with Crippen LogP contribution < -0.4 is 5.32 Å². The number of fused-ring (bicyclic) bond motifs is 1. The monoisotopic (exact) mass is 295 g/mol. The summed E-state index contributed by atoms with van der Waals surface area (Å²) in [5.74, 6) is -0.244. The van der Waals surface area contributed by atoms with Gasteiger partial charge in [0.15, 0.2) is 0 Å². The van der Waals surface area contributed by atoms with Gasteiger partial charge in [0, 0.05) is 18.7 Å². The zero-order chi connectivity index (χ0) is 11.8. The summed E-state index contributed by atoms with van der Waals surface area (Å²) >= 11 is 3.21. The van der Waals surface area contributed by atoms with Crippen molar-refractivity contribution in [3.63, 3.8) is 0 Å². The van der Waals surface area contributed by atoms with Crippen LogP contribution in [0.25, 0.3) is 0 Å². The topological polar surface area (TPSA) is 40.7 Å². The van der Waals surface area contributed by atoms with Crippen LogP contribution in [0.4, 0.5) is 4.39 Å². The highest BCUT2D eigenvalue weighted by Crippen LogP contribution is 2.28. The van der Waals surface area contributed by atoms with Crippen LogP contribution >= 0.6 is 15.9 Å². The molecule has 0 saturated carbocycles. The maximum absolute atomic E-state index is 13.2. The zero-order valence-corrected chi connectivity index (χ0v) is 10.6. The predicted octanol–water partition coefficient (Wildman–Crippen LogP) is 2.55. The first-order chi connectivity index (χ1) is 8.25. The van der Waals surface area contributed by atoms with E-state index in [-0.39, 0.29) is 11.9 Å². The minimum Gasteiger partial charge on any atom is -0.348 e. The minimum atomic E-state index is -0.244. The van der Waals surface area contributed by atoms with Crippen molar-refractivity contribution in [3.05, 3.63) is 51.8 Å². The Morgan fingerprint density at radius 1 is 1.41 bits per heavy atom. The largest absolute Gasteiger partial charge is 0.348 e. The maximum Gasteiger partial charge on any atom is 0.137 e. The van der Waals surface area contributed by atoms with E-state index in [1.165, 1.54) is 6.07 Å². The van der Waals surface area contributed by atoms with Crippen molar-refractivity contribution in [2.75, 3.05) is 6.54 Å². The Morgan fingerprint density at radius 3 is 3.12 bits per heavy atom. The molecule has 17 heavy (non-hydrogen) atoms. The number of halogens is 2. The van der Waals surface area contributed by atoms with E-state index in [9.17, 15) is 4.39 Å². The van der Waals surface area contributed by atoms with Crippen molar-refractivity contribution in [2.24, 2.45) is 0 Å². The van der Waals surface area contributed by atoms with Crippen LogP contribution in [0.15, 0.2) is 29.0 Å². The maximum atomic E-state index is 13.2. The fraction of sp³-hybridized carbons (Fsp3) is 0.250. The summed E-state index contributed by atoms with van der Waals surface area (Å²) < 4.78 is 13.7. The Labute approximate surface area is 107 Å². The van der Waals surface area contributed by atoms with Crippen molar-refractivity contribution in [3.8, 4) is 0 Å². The molecule has 1 aromatic heterocycles. The van der Waals surface area contributed by atoms with E-state index in [0.717, 1.165) is 29.9 Å². The van der Waals surface area contributed by atoms with Gasteiger partial charge in [-0.05, 0) is 33.6 Å². The van der Waals surface area contributed by atoms with Crippen LogP contribution in [-0.4, -0.2) is 16.5 Å². The van der Waals surface area contributed by atoms with Crippen LogP contribution in [0.2, 0.25) is 0 Å². The van der Waals surface area contributed by atoms with E-state index in [1.807, 2.05) is 0 Å². The normalized spacial score (nSPS) is 19.1. The zero-order valence-electron chi connectivity index (χ0n) is 9.00. The van der Waals surface area contributed by atoms with Gasteiger partial charge in [0.25, 0.3) is 0 Å². The van der Waals surface area contributed by atoms with Gasteiger partial charge in [-0.3, -0.25) is 0 Å². The molecule has 3 rings (SSSR count). The molecule has 1 unspecified atom stereocenters. The van der Waals surface area contributed by atoms with Crippen LogP contribution in [0.3, 0.4) is 0 Å². The molecule has 1 aliphatic heterocycles. The Hall–Kier alpha value is -1.20. The summed E-state index contributed by atoms with van der Waals surface area (Å²) in [6.07, 6.45) is 2.66. The lowest BCUT2D eigenvalue weighted by molar-refractivity contribution is 0.551. The van der Waals surface area contributed by atoms with Gasteiger partial charge in [-0.2, -0.15) is 0 Å². The molecule has 0 amide bonds. The molecule has 0 radical (unpaired) electrons. The molecule has 2 N–H and O–H groups in total. The van der Waals surface area contributed by atoms with Crippen molar-refractivity contribution in [1.29, 1.82) is 0 Å². The van der Waals surface area contributed by atoms with Crippen LogP contribution in [0.1, 0.15) is 23.0 Å². The van der Waals surface area contributed by atoms with Gasteiger partial charge >= 0.3 is 0 Å². The summed E-state index contributed by atoms with van der Waals surface area (Å²) in [6, 6.07) is 5.11. The molecule has 1 aromatic carbocycles. The molecule has 0 aliphatic carbocycles. The lowest BCUT2D eigenvalue weighted by atomic mass is 9.98. The SMILES string of the molecule is Fc1ccc(C2NCCc3[nH]cnc32)cc1Br. The van der Waals surface area contributed by atoms with Gasteiger partial charge in [-0.25, -0.2) is 9.37 Å². The Bertz CT molecular complexity index is 552. The molecule has 0 spiro atoms. The van der Waals surface area contributed by atoms with Crippen molar-refractivity contribution >= 4 is 15.9 Å². The van der Waals surface area contributed by atoms with Gasteiger partial charge in [0.1, 0.15) is 5.82 Å². The first kappa shape index (κ1) is 10.9. The van der Waals surface area contributed by atoms with E-state index < -0.39 is 0 Å². The molecule has 3 nitrogen and oxygen atoms in total. The summed E-state index contributed by atoms with van der Waals surface area (Å²) in [7, 11) is 0. The number of aromatic amines is 1. The number of nitrogens with one attached hydrogen (secondary N) is 2. The van der Waals surface area contributed by atoms with Crippen molar-refractivity contribution in [1.82, 2.24) is 15.3 Å². The first-order valence-electron chi connectivity index (χ1n) is 5.46. The standard InChI is InChI=1S/C12H11BrFN3/c13-8-5-7(1-2-9(8)14)11-12-10(3-4-15-11)16-6-17-12/h1-2,5-6,11,15H,3-4H2,(H,16,17). The Morgan fingerprint density at radius 2 is 2.29 bits per heavy atom. The van der Waals surface area contributed by atoms with Gasteiger partial charge in [-0.15, -0.1) is 0 Å². The Kier molecular flexibility index (Phi) is 2.72. The highest BCUT2D eigenvalue weighted by molar-refractivity contribution is 9.10. The average molecular weight is 296 g/mol. The lowest BCUT2D eigenvalue weighted by Crippen LogP contribution is -2.30. The molecule has 88 valence electrons. The van der Waals surface area contributed by atoms with Crippen LogP contribution in [-0.2, 0) is 6.42 Å². The number of H-pyrrole nitrogens is 1. The van der Waals surface area contributed by atoms with E-state index >= 15 is 0 Å². The minimum absolute atomic E-state index is 0.0434. The smallest absolute Gasteiger partial charge is 0.137 e. The number of aromatic nitrogens is 2. The second-order valence-electron chi connectivity index (χ2n) is 4.08. The van der Waals surface area contributed by atoms with E-state index in [2.05, 4.69) is 31.2 Å². The van der Waals surface area contributed by atoms with Gasteiger partial charge in [-0.1, -0.05) is 6.07 Å². The van der Waals surface area contributed by atoms with Gasteiger partial charge in [0.2, 0.25) is 0 Å². The predicted molar refractivity (Wildman–Crippen MR) is 66.2 cm³/mol. The van der Waals surface area contributed by atoms with Gasteiger partial charge in [0.05, 0.1) is 22.5 Å². The second-order valence-corrected chi connectivity index (χ2v) is 4.93. The van der Waals surface area contributed by atoms with Crippen LogP contribution in [0.5, 0.6) is 0 Å². The molecule has 0 fully saturated rings.